The molecule has 0 saturated carbocycles. The molecule has 0 amide bonds. The fourth-order valence-electron chi connectivity index (χ4n) is 1.29. The lowest BCUT2D eigenvalue weighted by atomic mass is 10.5. The second-order valence-electron chi connectivity index (χ2n) is 3.95. The predicted molar refractivity (Wildman–Crippen MR) is 123 cm³/mol. The summed E-state index contributed by atoms with van der Waals surface area (Å²) in [4.78, 5) is 0. The average molecular weight is 427 g/mol. The van der Waals surface area contributed by atoms with Gasteiger partial charge in [-0.2, -0.15) is 97.6 Å². The van der Waals surface area contributed by atoms with Crippen LogP contribution < -0.4 is 0 Å². The Kier molecular flexibility index (Phi) is 20.7. The maximum atomic E-state index is 4.42. The number of rotatable bonds is 15. The molecule has 0 aliphatic rings. The van der Waals surface area contributed by atoms with Crippen molar-refractivity contribution in [3.8, 4) is 0 Å². The van der Waals surface area contributed by atoms with E-state index in [0.29, 0.717) is 10.5 Å². The van der Waals surface area contributed by atoms with Crippen LogP contribution in [0.15, 0.2) is 0 Å². The largest absolute Gasteiger partial charge is 0.179 e. The van der Waals surface area contributed by atoms with Crippen molar-refractivity contribution in [3.05, 3.63) is 0 Å². The molecule has 0 aromatic carbocycles. The molecule has 0 spiro atoms. The lowest BCUT2D eigenvalue weighted by Gasteiger charge is -2.14. The molecule has 0 aromatic rings. The predicted octanol–water partition coefficient (Wildman–Crippen LogP) is 4.38. The van der Waals surface area contributed by atoms with E-state index in [0.717, 1.165) is 34.5 Å². The molecular weight excluding hydrogens is 401 g/mol. The first kappa shape index (κ1) is 22.8. The minimum atomic E-state index is 0.677. The first-order valence-electron chi connectivity index (χ1n) is 6.60. The summed E-state index contributed by atoms with van der Waals surface area (Å²) in [6, 6.07) is 0. The van der Waals surface area contributed by atoms with Crippen molar-refractivity contribution in [2.75, 3.05) is 57.5 Å². The van der Waals surface area contributed by atoms with Gasteiger partial charge in [-0.05, 0) is 11.5 Å². The molecule has 0 aromatic heterocycles. The van der Waals surface area contributed by atoms with Crippen molar-refractivity contribution in [2.24, 2.45) is 0 Å². The van der Waals surface area contributed by atoms with E-state index in [2.05, 4.69) is 74.0 Å². The summed E-state index contributed by atoms with van der Waals surface area (Å²) >= 11 is 25.5. The van der Waals surface area contributed by atoms with Crippen LogP contribution in [0.4, 0.5) is 0 Å². The highest BCUT2D eigenvalue weighted by molar-refractivity contribution is 8.06. The number of thioether (sulfide) groups is 4. The van der Waals surface area contributed by atoms with Gasteiger partial charge in [0.2, 0.25) is 0 Å². The molecule has 2 atom stereocenters. The minimum absolute atomic E-state index is 0.677. The van der Waals surface area contributed by atoms with Gasteiger partial charge in [-0.15, -0.1) is 0 Å². The topological polar surface area (TPSA) is 0 Å². The van der Waals surface area contributed by atoms with Crippen molar-refractivity contribution in [3.63, 3.8) is 0 Å². The molecule has 0 rings (SSSR count). The summed E-state index contributed by atoms with van der Waals surface area (Å²) in [6.45, 7) is 0. The zero-order valence-corrected chi connectivity index (χ0v) is 18.5. The minimum Gasteiger partial charge on any atom is -0.179 e. The van der Waals surface area contributed by atoms with Gasteiger partial charge in [-0.25, -0.2) is 0 Å². The summed E-state index contributed by atoms with van der Waals surface area (Å²) in [5.74, 6) is 11.1. The van der Waals surface area contributed by atoms with Gasteiger partial charge in [0.05, 0.1) is 0 Å². The van der Waals surface area contributed by atoms with E-state index < -0.39 is 0 Å². The molecule has 0 bridgehead atoms. The molecule has 8 heteroatoms. The Hall–Kier alpha value is 2.80. The van der Waals surface area contributed by atoms with Gasteiger partial charge in [0.15, 0.2) is 0 Å². The average Bonchev–Trinajstić information content (AvgIpc) is 2.48. The van der Waals surface area contributed by atoms with Crippen LogP contribution in [-0.4, -0.2) is 68.0 Å². The highest BCUT2D eigenvalue weighted by Crippen LogP contribution is 2.21. The lowest BCUT2D eigenvalue weighted by Crippen LogP contribution is -2.12. The molecule has 0 radical (unpaired) electrons. The standard InChI is InChI=1S/C12H26S8/c13-1-3-19-11(7-15)9-17-5-6-18-10-12(8-16)20-4-2-14/h11-16H,1-10H2/t11-,12+. The van der Waals surface area contributed by atoms with Gasteiger partial charge in [0, 0.05) is 56.5 Å². The third-order valence-electron chi connectivity index (χ3n) is 2.28. The van der Waals surface area contributed by atoms with E-state index in [1.54, 1.807) is 0 Å². The van der Waals surface area contributed by atoms with E-state index in [4.69, 9.17) is 0 Å². The molecule has 0 aliphatic heterocycles. The van der Waals surface area contributed by atoms with Crippen LogP contribution in [0, 0.1) is 0 Å². The smallest absolute Gasteiger partial charge is 0.0226 e. The van der Waals surface area contributed by atoms with Gasteiger partial charge >= 0.3 is 0 Å². The molecule has 0 fully saturated rings. The molecule has 0 unspecified atom stereocenters. The second kappa shape index (κ2) is 18.1. The van der Waals surface area contributed by atoms with Crippen LogP contribution >= 0.6 is 97.6 Å². The zero-order chi connectivity index (χ0) is 15.1. The van der Waals surface area contributed by atoms with Crippen LogP contribution in [0.25, 0.3) is 0 Å². The quantitative estimate of drug-likeness (QED) is 0.226. The highest BCUT2D eigenvalue weighted by atomic mass is 32.2. The number of thiol groups is 4. The normalized spacial score (nSPS) is 14.4. The fraction of sp³-hybridized carbons (Fsp3) is 1.00. The van der Waals surface area contributed by atoms with Gasteiger partial charge in [0.25, 0.3) is 0 Å². The molecule has 0 aliphatic carbocycles. The van der Waals surface area contributed by atoms with Crippen molar-refractivity contribution in [2.45, 2.75) is 10.5 Å². The Labute approximate surface area is 164 Å². The summed E-state index contributed by atoms with van der Waals surface area (Å²) in [6.07, 6.45) is 0. The summed E-state index contributed by atoms with van der Waals surface area (Å²) in [5, 5.41) is 1.35. The van der Waals surface area contributed by atoms with Gasteiger partial charge in [-0.1, -0.05) is 0 Å². The molecule has 0 saturated heterocycles. The van der Waals surface area contributed by atoms with Crippen molar-refractivity contribution < 1.29 is 0 Å². The third kappa shape index (κ3) is 14.4. The van der Waals surface area contributed by atoms with E-state index in [-0.39, 0.29) is 0 Å². The zero-order valence-electron chi connectivity index (χ0n) is 11.6. The molecule has 0 heterocycles. The fourth-order valence-corrected chi connectivity index (χ4v) is 7.64. The Bertz CT molecular complexity index is 172. The second-order valence-corrected chi connectivity index (χ2v) is 10.7. The Morgan fingerprint density at radius 3 is 1.30 bits per heavy atom. The van der Waals surface area contributed by atoms with Crippen molar-refractivity contribution in [1.82, 2.24) is 0 Å². The Morgan fingerprint density at radius 1 is 0.600 bits per heavy atom. The van der Waals surface area contributed by atoms with Crippen LogP contribution in [0.5, 0.6) is 0 Å². The first-order chi connectivity index (χ1) is 9.78. The third-order valence-corrected chi connectivity index (χ3v) is 10.1. The molecule has 0 nitrogen and oxygen atoms in total. The van der Waals surface area contributed by atoms with Crippen LogP contribution in [-0.2, 0) is 0 Å². The van der Waals surface area contributed by atoms with E-state index in [9.17, 15) is 0 Å². The molecular formula is C12H26S8. The number of hydrogen-bond donors (Lipinski definition) is 4. The van der Waals surface area contributed by atoms with Crippen LogP contribution in [0.3, 0.4) is 0 Å². The molecule has 0 N–H and O–H groups in total. The summed E-state index contributed by atoms with van der Waals surface area (Å²) in [7, 11) is 0. The maximum absolute atomic E-state index is 4.42. The van der Waals surface area contributed by atoms with Crippen LogP contribution in [0.1, 0.15) is 0 Å². The molecule has 122 valence electrons. The van der Waals surface area contributed by atoms with Gasteiger partial charge in [0.1, 0.15) is 0 Å². The lowest BCUT2D eigenvalue weighted by molar-refractivity contribution is 1.14. The van der Waals surface area contributed by atoms with Gasteiger partial charge in [-0.3, -0.25) is 0 Å². The van der Waals surface area contributed by atoms with E-state index in [1.807, 2.05) is 23.5 Å². The van der Waals surface area contributed by atoms with Crippen molar-refractivity contribution in [1.29, 1.82) is 0 Å². The Balaban J connectivity index is 3.45. The van der Waals surface area contributed by atoms with E-state index >= 15 is 0 Å². The molecule has 20 heavy (non-hydrogen) atoms. The van der Waals surface area contributed by atoms with Gasteiger partial charge < -0.3 is 0 Å². The monoisotopic (exact) mass is 426 g/mol. The highest BCUT2D eigenvalue weighted by Gasteiger charge is 2.08. The van der Waals surface area contributed by atoms with Crippen LogP contribution in [0.2, 0.25) is 0 Å². The summed E-state index contributed by atoms with van der Waals surface area (Å²) < 4.78 is 0. The first-order valence-corrected chi connectivity index (χ1v) is 13.5. The maximum Gasteiger partial charge on any atom is 0.0226 e. The SMILES string of the molecule is SCCS[C@H](CS)CSCCSC[C@H](CS)SCCS. The number of hydrogen-bond acceptors (Lipinski definition) is 8. The summed E-state index contributed by atoms with van der Waals surface area (Å²) in [5.41, 5.74) is 0. The van der Waals surface area contributed by atoms with E-state index in [1.165, 1.54) is 23.0 Å². The Morgan fingerprint density at radius 2 is 1.00 bits per heavy atom. The van der Waals surface area contributed by atoms with Crippen molar-refractivity contribution >= 4 is 97.6 Å².